The highest BCUT2D eigenvalue weighted by molar-refractivity contribution is 6.33. The van der Waals surface area contributed by atoms with E-state index in [-0.39, 0.29) is 18.8 Å². The van der Waals surface area contributed by atoms with Crippen molar-refractivity contribution in [3.63, 3.8) is 0 Å². The van der Waals surface area contributed by atoms with Crippen LogP contribution in [-0.2, 0) is 9.59 Å². The first-order chi connectivity index (χ1) is 15.3. The summed E-state index contributed by atoms with van der Waals surface area (Å²) in [5, 5.41) is 14.2. The van der Waals surface area contributed by atoms with Crippen LogP contribution >= 0.6 is 11.6 Å². The predicted molar refractivity (Wildman–Crippen MR) is 122 cm³/mol. The SMILES string of the molecule is CN(CC(=O)Nc1ccccc1Cl)C(=O)COc1ccc([N+](=O)[O-])cc1-c1ccccc1. The molecule has 8 nitrogen and oxygen atoms in total. The zero-order chi connectivity index (χ0) is 23.1. The highest BCUT2D eigenvalue weighted by atomic mass is 35.5. The van der Waals surface area contributed by atoms with Crippen LogP contribution in [0, 0.1) is 10.1 Å². The first kappa shape index (κ1) is 22.8. The minimum atomic E-state index is -0.493. The number of hydrogen-bond donors (Lipinski definition) is 1. The molecule has 0 aliphatic rings. The summed E-state index contributed by atoms with van der Waals surface area (Å²) in [6.07, 6.45) is 0. The number of nitro groups is 1. The van der Waals surface area contributed by atoms with E-state index >= 15 is 0 Å². The number of rotatable bonds is 8. The van der Waals surface area contributed by atoms with Crippen LogP contribution in [0.1, 0.15) is 0 Å². The van der Waals surface area contributed by atoms with Gasteiger partial charge in [-0.25, -0.2) is 0 Å². The van der Waals surface area contributed by atoms with Crippen LogP contribution in [0.2, 0.25) is 5.02 Å². The van der Waals surface area contributed by atoms with E-state index in [1.165, 1.54) is 30.1 Å². The maximum absolute atomic E-state index is 12.5. The molecular formula is C23H20ClN3O5. The Morgan fingerprint density at radius 1 is 1.06 bits per heavy atom. The molecule has 0 fully saturated rings. The number of nitrogens with one attached hydrogen (secondary N) is 1. The third-order valence-corrected chi connectivity index (χ3v) is 4.89. The molecule has 3 rings (SSSR count). The van der Waals surface area contributed by atoms with Gasteiger partial charge in [0.2, 0.25) is 5.91 Å². The zero-order valence-corrected chi connectivity index (χ0v) is 17.9. The Labute approximate surface area is 189 Å². The molecule has 1 N–H and O–H groups in total. The number of non-ortho nitro benzene ring substituents is 1. The molecule has 0 heterocycles. The van der Waals surface area contributed by atoms with Gasteiger partial charge in [-0.05, 0) is 23.8 Å². The number of carbonyl (C=O) groups is 2. The average Bonchev–Trinajstić information content (AvgIpc) is 2.79. The summed E-state index contributed by atoms with van der Waals surface area (Å²) in [6, 6.07) is 20.0. The highest BCUT2D eigenvalue weighted by Crippen LogP contribution is 2.33. The van der Waals surface area contributed by atoms with E-state index in [1.807, 2.05) is 6.07 Å². The van der Waals surface area contributed by atoms with Gasteiger partial charge >= 0.3 is 0 Å². The molecule has 0 bridgehead atoms. The quantitative estimate of drug-likeness (QED) is 0.402. The third kappa shape index (κ3) is 5.83. The lowest BCUT2D eigenvalue weighted by Gasteiger charge is -2.18. The van der Waals surface area contributed by atoms with Gasteiger partial charge in [-0.2, -0.15) is 0 Å². The van der Waals surface area contributed by atoms with Crippen LogP contribution in [-0.4, -0.2) is 41.8 Å². The van der Waals surface area contributed by atoms with E-state index in [9.17, 15) is 19.7 Å². The fourth-order valence-corrected chi connectivity index (χ4v) is 3.09. The highest BCUT2D eigenvalue weighted by Gasteiger charge is 2.17. The fraction of sp³-hybridized carbons (Fsp3) is 0.130. The molecule has 0 aliphatic heterocycles. The van der Waals surface area contributed by atoms with Crippen LogP contribution in [0.15, 0.2) is 72.8 Å². The van der Waals surface area contributed by atoms with Gasteiger partial charge in [-0.1, -0.05) is 54.1 Å². The van der Waals surface area contributed by atoms with E-state index in [1.54, 1.807) is 48.5 Å². The number of amides is 2. The lowest BCUT2D eigenvalue weighted by Crippen LogP contribution is -2.37. The molecule has 0 atom stereocenters. The van der Waals surface area contributed by atoms with Crippen LogP contribution in [0.5, 0.6) is 5.75 Å². The molecule has 0 aromatic heterocycles. The number of anilines is 1. The van der Waals surface area contributed by atoms with Gasteiger partial charge in [-0.3, -0.25) is 19.7 Å². The van der Waals surface area contributed by atoms with Gasteiger partial charge in [0.25, 0.3) is 11.6 Å². The first-order valence-corrected chi connectivity index (χ1v) is 9.98. The third-order valence-electron chi connectivity index (χ3n) is 4.56. The molecule has 0 aliphatic carbocycles. The average molecular weight is 454 g/mol. The largest absolute Gasteiger partial charge is 0.483 e. The Bertz CT molecular complexity index is 1140. The number of para-hydroxylation sites is 1. The van der Waals surface area contributed by atoms with E-state index in [0.717, 1.165) is 0 Å². The fourth-order valence-electron chi connectivity index (χ4n) is 2.91. The van der Waals surface area contributed by atoms with Crippen LogP contribution in [0.25, 0.3) is 11.1 Å². The number of benzene rings is 3. The molecular weight excluding hydrogens is 434 g/mol. The van der Waals surface area contributed by atoms with Gasteiger partial charge < -0.3 is 15.0 Å². The summed E-state index contributed by atoms with van der Waals surface area (Å²) in [5.74, 6) is -0.519. The number of ether oxygens (including phenoxy) is 1. The molecule has 2 amide bonds. The molecule has 0 unspecified atom stereocenters. The maximum Gasteiger partial charge on any atom is 0.270 e. The molecule has 3 aromatic carbocycles. The van der Waals surface area contributed by atoms with E-state index in [0.29, 0.717) is 27.6 Å². The van der Waals surface area contributed by atoms with E-state index < -0.39 is 16.7 Å². The topological polar surface area (TPSA) is 102 Å². The van der Waals surface area contributed by atoms with Gasteiger partial charge in [0.05, 0.1) is 22.2 Å². The van der Waals surface area contributed by atoms with Crippen molar-refractivity contribution in [2.75, 3.05) is 25.5 Å². The Kier molecular flexibility index (Phi) is 7.41. The standard InChI is InChI=1S/C23H20ClN3O5/c1-26(14-22(28)25-20-10-6-5-9-19(20)24)23(29)15-32-21-12-11-17(27(30)31)13-18(21)16-7-3-2-4-8-16/h2-13H,14-15H2,1H3,(H,25,28). The predicted octanol–water partition coefficient (Wildman–Crippen LogP) is 4.39. The monoisotopic (exact) mass is 453 g/mol. The van der Waals surface area contributed by atoms with Crippen molar-refractivity contribution in [3.8, 4) is 16.9 Å². The summed E-state index contributed by atoms with van der Waals surface area (Å²) in [4.78, 5) is 36.6. The van der Waals surface area contributed by atoms with Crippen molar-refractivity contribution in [1.29, 1.82) is 0 Å². The second-order valence-corrected chi connectivity index (χ2v) is 7.28. The first-order valence-electron chi connectivity index (χ1n) is 9.60. The minimum Gasteiger partial charge on any atom is -0.483 e. The van der Waals surface area contributed by atoms with Crippen molar-refractivity contribution in [2.24, 2.45) is 0 Å². The van der Waals surface area contributed by atoms with E-state index in [4.69, 9.17) is 16.3 Å². The van der Waals surface area contributed by atoms with Crippen molar-refractivity contribution < 1.29 is 19.2 Å². The summed E-state index contributed by atoms with van der Waals surface area (Å²) in [7, 11) is 1.48. The molecule has 164 valence electrons. The Balaban J connectivity index is 1.65. The molecule has 9 heteroatoms. The lowest BCUT2D eigenvalue weighted by molar-refractivity contribution is -0.384. The lowest BCUT2D eigenvalue weighted by atomic mass is 10.0. The summed E-state index contributed by atoms with van der Waals surface area (Å²) >= 11 is 6.02. The summed E-state index contributed by atoms with van der Waals surface area (Å²) < 4.78 is 5.66. The molecule has 3 aromatic rings. The normalized spacial score (nSPS) is 10.3. The van der Waals surface area contributed by atoms with Crippen LogP contribution in [0.3, 0.4) is 0 Å². The van der Waals surface area contributed by atoms with Gasteiger partial charge in [-0.15, -0.1) is 0 Å². The van der Waals surface area contributed by atoms with Crippen LogP contribution < -0.4 is 10.1 Å². The molecule has 32 heavy (non-hydrogen) atoms. The summed E-state index contributed by atoms with van der Waals surface area (Å²) in [5.41, 5.74) is 1.57. The van der Waals surface area contributed by atoms with Crippen LogP contribution in [0.4, 0.5) is 11.4 Å². The maximum atomic E-state index is 12.5. The summed E-state index contributed by atoms with van der Waals surface area (Å²) in [6.45, 7) is -0.535. The Morgan fingerprint density at radius 2 is 1.75 bits per heavy atom. The van der Waals surface area contributed by atoms with Gasteiger partial charge in [0.15, 0.2) is 6.61 Å². The number of halogens is 1. The number of nitro benzene ring substituents is 1. The smallest absolute Gasteiger partial charge is 0.270 e. The molecule has 0 radical (unpaired) electrons. The molecule has 0 saturated heterocycles. The second kappa shape index (κ2) is 10.4. The number of carbonyl (C=O) groups excluding carboxylic acids is 2. The van der Waals surface area contributed by atoms with Crippen molar-refractivity contribution in [2.45, 2.75) is 0 Å². The number of hydrogen-bond acceptors (Lipinski definition) is 5. The minimum absolute atomic E-state index is 0.0871. The van der Waals surface area contributed by atoms with E-state index in [2.05, 4.69) is 5.32 Å². The number of likely N-dealkylation sites (N-methyl/N-ethyl adjacent to an activating group) is 1. The van der Waals surface area contributed by atoms with Gasteiger partial charge in [0.1, 0.15) is 5.75 Å². The molecule has 0 spiro atoms. The number of nitrogens with zero attached hydrogens (tertiary/aromatic N) is 2. The Morgan fingerprint density at radius 3 is 2.44 bits per heavy atom. The van der Waals surface area contributed by atoms with Gasteiger partial charge in [0, 0.05) is 24.7 Å². The zero-order valence-electron chi connectivity index (χ0n) is 17.2. The molecule has 0 saturated carbocycles. The van der Waals surface area contributed by atoms with Crippen molar-refractivity contribution in [3.05, 3.63) is 87.9 Å². The van der Waals surface area contributed by atoms with Crippen molar-refractivity contribution in [1.82, 2.24) is 4.90 Å². The van der Waals surface area contributed by atoms with Crippen molar-refractivity contribution >= 4 is 34.8 Å². The second-order valence-electron chi connectivity index (χ2n) is 6.87. The Hall–Kier alpha value is -3.91.